The zero-order valence-corrected chi connectivity index (χ0v) is 8.10. The minimum Gasteiger partial charge on any atom is -0.383 e. The molecule has 2 aromatic rings. The molecule has 0 saturated carbocycles. The maximum atomic E-state index is 11.2. The molecule has 4 N–H and O–H groups in total. The van der Waals surface area contributed by atoms with Crippen molar-refractivity contribution in [3.05, 3.63) is 20.8 Å². The van der Waals surface area contributed by atoms with Gasteiger partial charge in [-0.1, -0.05) is 0 Å². The van der Waals surface area contributed by atoms with Crippen LogP contribution in [0.25, 0.3) is 11.2 Å². The Hall–Kier alpha value is -1.76. The Morgan fingerprint density at radius 3 is 2.79 bits per heavy atom. The highest BCUT2D eigenvalue weighted by Gasteiger charge is 2.04. The molecule has 7 heteroatoms. The Balaban J connectivity index is 3.03. The maximum absolute atomic E-state index is 11.2. The third kappa shape index (κ3) is 1.27. The van der Waals surface area contributed by atoms with Gasteiger partial charge >= 0.3 is 0 Å². The molecule has 0 aliphatic rings. The fourth-order valence-corrected chi connectivity index (χ4v) is 1.29. The van der Waals surface area contributed by atoms with E-state index in [4.69, 9.17) is 18.0 Å². The molecule has 0 saturated heterocycles. The predicted octanol–water partition coefficient (Wildman–Crippen LogP) is 0.266. The average molecular weight is 209 g/mol. The van der Waals surface area contributed by atoms with E-state index < -0.39 is 0 Å². The third-order valence-electron chi connectivity index (χ3n) is 1.78. The molecule has 0 unspecified atom stereocenters. The van der Waals surface area contributed by atoms with Crippen LogP contribution in [0.15, 0.2) is 4.79 Å². The summed E-state index contributed by atoms with van der Waals surface area (Å²) in [5, 5.41) is 0. The number of rotatable bonds is 0. The first-order valence-electron chi connectivity index (χ1n) is 3.84. The number of aromatic nitrogens is 4. The fraction of sp³-hybridized carbons (Fsp3) is 0.143. The number of nitrogens with two attached hydrogens (primary N) is 1. The Labute approximate surface area is 83.2 Å². The molecule has 0 radical (unpaired) electrons. The van der Waals surface area contributed by atoms with Gasteiger partial charge in [0, 0.05) is 0 Å². The van der Waals surface area contributed by atoms with Gasteiger partial charge in [0.25, 0.3) is 5.56 Å². The second-order valence-corrected chi connectivity index (χ2v) is 3.19. The first-order valence-corrected chi connectivity index (χ1v) is 4.25. The van der Waals surface area contributed by atoms with Crippen molar-refractivity contribution in [2.24, 2.45) is 0 Å². The van der Waals surface area contributed by atoms with Crippen molar-refractivity contribution in [3.8, 4) is 0 Å². The van der Waals surface area contributed by atoms with Crippen molar-refractivity contribution in [3.63, 3.8) is 0 Å². The van der Waals surface area contributed by atoms with E-state index >= 15 is 0 Å². The number of nitrogens with one attached hydrogen (secondary N) is 2. The minimum absolute atomic E-state index is 0.244. The summed E-state index contributed by atoms with van der Waals surface area (Å²) in [4.78, 5) is 24.3. The molecule has 6 nitrogen and oxygen atoms in total. The molecule has 0 aromatic carbocycles. The van der Waals surface area contributed by atoms with Crippen LogP contribution >= 0.6 is 12.2 Å². The predicted molar refractivity (Wildman–Crippen MR) is 54.5 cm³/mol. The van der Waals surface area contributed by atoms with Gasteiger partial charge in [0.1, 0.15) is 17.0 Å². The standard InChI is InChI=1S/C7H7N5OS/c1-2-6(13)10-3-4(8)11-7(14)12-5(3)9-2/h1H3,(H,10,13)(H3,8,9,11,12,14). The molecule has 0 spiro atoms. The van der Waals surface area contributed by atoms with Gasteiger partial charge in [0.2, 0.25) is 4.77 Å². The number of nitrogen functional groups attached to an aromatic ring is 1. The summed E-state index contributed by atoms with van der Waals surface area (Å²) < 4.78 is 0.244. The number of nitrogens with zero attached hydrogens (tertiary/aromatic N) is 2. The largest absolute Gasteiger partial charge is 0.383 e. The highest BCUT2D eigenvalue weighted by Crippen LogP contribution is 2.09. The molecule has 0 aliphatic carbocycles. The van der Waals surface area contributed by atoms with Crippen LogP contribution in [0.1, 0.15) is 5.69 Å². The van der Waals surface area contributed by atoms with E-state index in [0.29, 0.717) is 16.9 Å². The van der Waals surface area contributed by atoms with Crippen molar-refractivity contribution < 1.29 is 0 Å². The molecular formula is C7H7N5OS. The molecule has 0 aliphatic heterocycles. The summed E-state index contributed by atoms with van der Waals surface area (Å²) in [6, 6.07) is 0. The van der Waals surface area contributed by atoms with Gasteiger partial charge in [0.15, 0.2) is 5.65 Å². The van der Waals surface area contributed by atoms with E-state index in [1.54, 1.807) is 6.92 Å². The van der Waals surface area contributed by atoms with E-state index in [0.717, 1.165) is 0 Å². The smallest absolute Gasteiger partial charge is 0.270 e. The van der Waals surface area contributed by atoms with Crippen molar-refractivity contribution in [1.29, 1.82) is 0 Å². The van der Waals surface area contributed by atoms with Crippen LogP contribution in [0, 0.1) is 11.7 Å². The Morgan fingerprint density at radius 1 is 1.36 bits per heavy atom. The van der Waals surface area contributed by atoms with E-state index in [2.05, 4.69) is 19.9 Å². The van der Waals surface area contributed by atoms with Crippen LogP contribution in [-0.2, 0) is 0 Å². The van der Waals surface area contributed by atoms with E-state index in [9.17, 15) is 4.79 Å². The maximum Gasteiger partial charge on any atom is 0.270 e. The van der Waals surface area contributed by atoms with E-state index in [-0.39, 0.29) is 16.1 Å². The summed E-state index contributed by atoms with van der Waals surface area (Å²) in [5.74, 6) is 0.268. The fourth-order valence-electron chi connectivity index (χ4n) is 1.10. The minimum atomic E-state index is -0.281. The Kier molecular flexibility index (Phi) is 1.81. The summed E-state index contributed by atoms with van der Waals surface area (Å²) in [6.45, 7) is 1.59. The summed E-state index contributed by atoms with van der Waals surface area (Å²) >= 11 is 4.82. The van der Waals surface area contributed by atoms with Gasteiger partial charge in [-0.05, 0) is 19.1 Å². The van der Waals surface area contributed by atoms with Crippen molar-refractivity contribution in [2.75, 3.05) is 5.73 Å². The quantitative estimate of drug-likeness (QED) is 0.540. The number of anilines is 1. The Bertz CT molecular complexity index is 613. The van der Waals surface area contributed by atoms with Gasteiger partial charge in [0.05, 0.1) is 0 Å². The van der Waals surface area contributed by atoms with Crippen LogP contribution < -0.4 is 11.3 Å². The monoisotopic (exact) mass is 209 g/mol. The van der Waals surface area contributed by atoms with Crippen LogP contribution in [0.5, 0.6) is 0 Å². The van der Waals surface area contributed by atoms with Crippen LogP contribution in [0.2, 0.25) is 0 Å². The van der Waals surface area contributed by atoms with Crippen molar-refractivity contribution >= 4 is 29.2 Å². The van der Waals surface area contributed by atoms with Crippen LogP contribution in [-0.4, -0.2) is 19.9 Å². The van der Waals surface area contributed by atoms with Crippen LogP contribution in [0.3, 0.4) is 0 Å². The highest BCUT2D eigenvalue weighted by atomic mass is 32.1. The van der Waals surface area contributed by atoms with Gasteiger partial charge in [-0.3, -0.25) is 4.79 Å². The lowest BCUT2D eigenvalue weighted by Crippen LogP contribution is -2.13. The molecular weight excluding hydrogens is 202 g/mol. The lowest BCUT2D eigenvalue weighted by molar-refractivity contribution is 1.06. The molecule has 2 aromatic heterocycles. The van der Waals surface area contributed by atoms with Gasteiger partial charge in [-0.2, -0.15) is 4.98 Å². The molecule has 14 heavy (non-hydrogen) atoms. The van der Waals surface area contributed by atoms with Gasteiger partial charge in [-0.15, -0.1) is 0 Å². The van der Waals surface area contributed by atoms with Gasteiger partial charge in [-0.25, -0.2) is 4.98 Å². The lowest BCUT2D eigenvalue weighted by Gasteiger charge is -2.00. The normalized spacial score (nSPS) is 10.6. The number of aromatic amines is 2. The third-order valence-corrected chi connectivity index (χ3v) is 1.98. The van der Waals surface area contributed by atoms with E-state index in [1.807, 2.05) is 0 Å². The number of hydrogen-bond acceptors (Lipinski definition) is 5. The first kappa shape index (κ1) is 8.82. The topological polar surface area (TPSA) is 100 Å². The number of H-pyrrole nitrogens is 2. The zero-order valence-electron chi connectivity index (χ0n) is 7.29. The molecule has 2 rings (SSSR count). The summed E-state index contributed by atoms with van der Waals surface area (Å²) in [5.41, 5.74) is 6.39. The molecule has 0 fully saturated rings. The number of fused-ring (bicyclic) bond motifs is 1. The van der Waals surface area contributed by atoms with Crippen molar-refractivity contribution in [1.82, 2.24) is 19.9 Å². The highest BCUT2D eigenvalue weighted by molar-refractivity contribution is 7.71. The molecule has 0 atom stereocenters. The van der Waals surface area contributed by atoms with E-state index in [1.165, 1.54) is 0 Å². The lowest BCUT2D eigenvalue weighted by atomic mass is 10.4. The summed E-state index contributed by atoms with van der Waals surface area (Å²) in [6.07, 6.45) is 0. The first-order chi connectivity index (χ1) is 6.58. The number of aryl methyl sites for hydroxylation is 1. The second-order valence-electron chi connectivity index (χ2n) is 2.81. The van der Waals surface area contributed by atoms with Crippen LogP contribution in [0.4, 0.5) is 5.82 Å². The average Bonchev–Trinajstić information content (AvgIpc) is 2.08. The summed E-state index contributed by atoms with van der Waals surface area (Å²) in [7, 11) is 0. The second kappa shape index (κ2) is 2.88. The SMILES string of the molecule is Cc1nc2nc(=S)[nH]c(N)c2[nH]c1=O. The zero-order chi connectivity index (χ0) is 10.3. The van der Waals surface area contributed by atoms with Crippen molar-refractivity contribution in [2.45, 2.75) is 6.92 Å². The number of hydrogen-bond donors (Lipinski definition) is 3. The Morgan fingerprint density at radius 2 is 2.07 bits per heavy atom. The molecule has 0 amide bonds. The molecule has 72 valence electrons. The molecule has 2 heterocycles. The molecule has 0 bridgehead atoms. The van der Waals surface area contributed by atoms with Gasteiger partial charge < -0.3 is 15.7 Å².